The molecule has 1 N–H and O–H groups in total. The Kier molecular flexibility index (Phi) is 4.24. The van der Waals surface area contributed by atoms with Crippen LogP contribution in [0.1, 0.15) is 36.5 Å². The molecule has 0 spiro atoms. The highest BCUT2D eigenvalue weighted by Crippen LogP contribution is 2.30. The van der Waals surface area contributed by atoms with E-state index in [4.69, 9.17) is 0 Å². The summed E-state index contributed by atoms with van der Waals surface area (Å²) in [6.45, 7) is 3.13. The van der Waals surface area contributed by atoms with E-state index in [1.165, 1.54) is 19.3 Å². The van der Waals surface area contributed by atoms with E-state index in [9.17, 15) is 4.79 Å². The van der Waals surface area contributed by atoms with Crippen molar-refractivity contribution < 1.29 is 4.79 Å². The van der Waals surface area contributed by atoms with Crippen LogP contribution in [0.4, 0.5) is 0 Å². The number of nitrogens with one attached hydrogen (secondary N) is 1. The van der Waals surface area contributed by atoms with Gasteiger partial charge in [0.15, 0.2) is 0 Å². The van der Waals surface area contributed by atoms with Crippen LogP contribution in [0.3, 0.4) is 0 Å². The summed E-state index contributed by atoms with van der Waals surface area (Å²) in [6, 6.07) is 1.94. The standard InChI is InChI=1S/C12H16INOS/c1-8-3-2-4-9(8)6-14-12(15)10-5-11(13)16-7-10/h5,7-9H,2-4,6H2,1H3,(H,14,15). The largest absolute Gasteiger partial charge is 0.352 e. The Labute approximate surface area is 114 Å². The summed E-state index contributed by atoms with van der Waals surface area (Å²) >= 11 is 3.86. The minimum Gasteiger partial charge on any atom is -0.352 e. The Balaban J connectivity index is 1.84. The second-order valence-electron chi connectivity index (χ2n) is 4.52. The first kappa shape index (κ1) is 12.4. The van der Waals surface area contributed by atoms with Gasteiger partial charge in [0.25, 0.3) is 5.91 Å². The van der Waals surface area contributed by atoms with E-state index < -0.39 is 0 Å². The first-order valence-electron chi connectivity index (χ1n) is 5.69. The molecule has 88 valence electrons. The molecule has 0 aromatic carbocycles. The summed E-state index contributed by atoms with van der Waals surface area (Å²) < 4.78 is 1.16. The second-order valence-corrected chi connectivity index (χ2v) is 7.32. The van der Waals surface area contributed by atoms with Crippen LogP contribution in [0.15, 0.2) is 11.4 Å². The summed E-state index contributed by atoms with van der Waals surface area (Å²) in [4.78, 5) is 11.8. The van der Waals surface area contributed by atoms with Crippen LogP contribution in [0.25, 0.3) is 0 Å². The van der Waals surface area contributed by atoms with Crippen molar-refractivity contribution in [1.29, 1.82) is 0 Å². The van der Waals surface area contributed by atoms with Gasteiger partial charge >= 0.3 is 0 Å². The monoisotopic (exact) mass is 349 g/mol. The van der Waals surface area contributed by atoms with Crippen molar-refractivity contribution in [3.05, 3.63) is 19.9 Å². The number of amides is 1. The van der Waals surface area contributed by atoms with Crippen LogP contribution >= 0.6 is 33.9 Å². The lowest BCUT2D eigenvalue weighted by atomic mass is 9.98. The van der Waals surface area contributed by atoms with Crippen LogP contribution in [0, 0.1) is 14.7 Å². The minimum atomic E-state index is 0.0817. The fraction of sp³-hybridized carbons (Fsp3) is 0.583. The molecule has 1 aliphatic carbocycles. The van der Waals surface area contributed by atoms with Gasteiger partial charge in [0, 0.05) is 11.9 Å². The third kappa shape index (κ3) is 2.97. The van der Waals surface area contributed by atoms with E-state index in [0.29, 0.717) is 5.92 Å². The first-order valence-corrected chi connectivity index (χ1v) is 7.65. The van der Waals surface area contributed by atoms with Crippen molar-refractivity contribution in [2.24, 2.45) is 11.8 Å². The van der Waals surface area contributed by atoms with Crippen LogP contribution in [-0.4, -0.2) is 12.5 Å². The number of thiophene rings is 1. The summed E-state index contributed by atoms with van der Waals surface area (Å²) in [5, 5.41) is 4.97. The number of rotatable bonds is 3. The predicted molar refractivity (Wildman–Crippen MR) is 75.9 cm³/mol. The van der Waals surface area contributed by atoms with Crippen molar-refractivity contribution in [3.63, 3.8) is 0 Å². The highest BCUT2D eigenvalue weighted by molar-refractivity contribution is 14.1. The Morgan fingerprint density at radius 3 is 3.00 bits per heavy atom. The van der Waals surface area contributed by atoms with Gasteiger partial charge in [-0.2, -0.15) is 0 Å². The van der Waals surface area contributed by atoms with Gasteiger partial charge in [0.2, 0.25) is 0 Å². The summed E-state index contributed by atoms with van der Waals surface area (Å²) in [6.07, 6.45) is 3.90. The predicted octanol–water partition coefficient (Wildman–Crippen LogP) is 3.52. The molecule has 4 heteroatoms. The van der Waals surface area contributed by atoms with E-state index in [-0.39, 0.29) is 5.91 Å². The molecule has 16 heavy (non-hydrogen) atoms. The van der Waals surface area contributed by atoms with Gasteiger partial charge < -0.3 is 5.32 Å². The molecule has 2 rings (SSSR count). The van der Waals surface area contributed by atoms with Crippen molar-refractivity contribution in [1.82, 2.24) is 5.32 Å². The zero-order valence-corrected chi connectivity index (χ0v) is 12.3. The molecule has 1 aliphatic rings. The number of halogens is 1. The fourth-order valence-corrected chi connectivity index (χ4v) is 3.61. The molecule has 1 heterocycles. The van der Waals surface area contributed by atoms with Crippen molar-refractivity contribution in [2.45, 2.75) is 26.2 Å². The van der Waals surface area contributed by atoms with Crippen LogP contribution in [0.5, 0.6) is 0 Å². The Morgan fingerprint density at radius 2 is 2.44 bits per heavy atom. The molecule has 2 nitrogen and oxygen atoms in total. The SMILES string of the molecule is CC1CCCC1CNC(=O)c1csc(I)c1. The van der Waals surface area contributed by atoms with Crippen LogP contribution in [-0.2, 0) is 0 Å². The Bertz CT molecular complexity index is 377. The molecule has 0 aliphatic heterocycles. The van der Waals surface area contributed by atoms with E-state index in [1.54, 1.807) is 11.3 Å². The highest BCUT2D eigenvalue weighted by Gasteiger charge is 2.23. The van der Waals surface area contributed by atoms with Gasteiger partial charge in [-0.3, -0.25) is 4.79 Å². The summed E-state index contributed by atoms with van der Waals surface area (Å²) in [5.41, 5.74) is 0.806. The lowest BCUT2D eigenvalue weighted by Crippen LogP contribution is -2.29. The molecule has 1 aromatic heterocycles. The lowest BCUT2D eigenvalue weighted by molar-refractivity contribution is 0.0945. The maximum Gasteiger partial charge on any atom is 0.252 e. The van der Waals surface area contributed by atoms with E-state index >= 15 is 0 Å². The maximum atomic E-state index is 11.8. The molecule has 2 unspecified atom stereocenters. The van der Waals surface area contributed by atoms with Gasteiger partial charge in [0.05, 0.1) is 8.45 Å². The maximum absolute atomic E-state index is 11.8. The van der Waals surface area contributed by atoms with Gasteiger partial charge in [-0.05, 0) is 46.9 Å². The van der Waals surface area contributed by atoms with E-state index in [0.717, 1.165) is 20.9 Å². The highest BCUT2D eigenvalue weighted by atomic mass is 127. The zero-order chi connectivity index (χ0) is 11.5. The fourth-order valence-electron chi connectivity index (χ4n) is 2.28. The van der Waals surface area contributed by atoms with Crippen LogP contribution in [0.2, 0.25) is 0 Å². The second kappa shape index (κ2) is 5.49. The third-order valence-electron chi connectivity index (χ3n) is 3.39. The van der Waals surface area contributed by atoms with Crippen LogP contribution < -0.4 is 5.32 Å². The van der Waals surface area contributed by atoms with Gasteiger partial charge in [-0.25, -0.2) is 0 Å². The summed E-state index contributed by atoms with van der Waals surface area (Å²) in [5.74, 6) is 1.53. The first-order chi connectivity index (χ1) is 7.66. The molecule has 1 aromatic rings. The molecular weight excluding hydrogens is 333 g/mol. The molecule has 1 fully saturated rings. The molecule has 2 atom stereocenters. The van der Waals surface area contributed by atoms with E-state index in [1.807, 2.05) is 11.4 Å². The molecule has 0 bridgehead atoms. The average Bonchev–Trinajstić information content (AvgIpc) is 2.84. The molecule has 1 saturated carbocycles. The quantitative estimate of drug-likeness (QED) is 0.832. The summed E-state index contributed by atoms with van der Waals surface area (Å²) in [7, 11) is 0. The molecule has 1 amide bonds. The lowest BCUT2D eigenvalue weighted by Gasteiger charge is -2.15. The van der Waals surface area contributed by atoms with Crippen molar-refractivity contribution >= 4 is 39.8 Å². The Morgan fingerprint density at radius 1 is 1.62 bits per heavy atom. The number of hydrogen-bond acceptors (Lipinski definition) is 2. The van der Waals surface area contributed by atoms with E-state index in [2.05, 4.69) is 34.8 Å². The van der Waals surface area contributed by atoms with Crippen molar-refractivity contribution in [3.8, 4) is 0 Å². The third-order valence-corrected chi connectivity index (χ3v) is 5.18. The molecule has 0 radical (unpaired) electrons. The van der Waals surface area contributed by atoms with Crippen molar-refractivity contribution in [2.75, 3.05) is 6.54 Å². The average molecular weight is 349 g/mol. The normalized spacial score (nSPS) is 24.6. The van der Waals surface area contributed by atoms with Gasteiger partial charge in [-0.15, -0.1) is 11.3 Å². The minimum absolute atomic E-state index is 0.0817. The van der Waals surface area contributed by atoms with Gasteiger partial charge in [0.1, 0.15) is 0 Å². The molecule has 0 saturated heterocycles. The Hall–Kier alpha value is -0.100. The topological polar surface area (TPSA) is 29.1 Å². The zero-order valence-electron chi connectivity index (χ0n) is 9.33. The molecular formula is C12H16INOS. The smallest absolute Gasteiger partial charge is 0.252 e. The van der Waals surface area contributed by atoms with Gasteiger partial charge in [-0.1, -0.05) is 19.8 Å². The number of carbonyl (C=O) groups is 1. The number of carbonyl (C=O) groups excluding carboxylic acids is 1. The number of hydrogen-bond donors (Lipinski definition) is 1.